The summed E-state index contributed by atoms with van der Waals surface area (Å²) in [6.45, 7) is 5.50. The molecule has 0 bridgehead atoms. The smallest absolute Gasteiger partial charge is 0.407 e. The topological polar surface area (TPSA) is 306 Å². The number of sulfonamides is 1. The molecule has 0 aromatic heterocycles. The number of hydrogen-bond acceptors (Lipinski definition) is 15. The zero-order chi connectivity index (χ0) is 47.0. The molecule has 0 aliphatic carbocycles. The number of ether oxygens (including phenoxy) is 3. The van der Waals surface area contributed by atoms with E-state index in [1.807, 2.05) is 43.0 Å². The fraction of sp³-hybridized carbons (Fsp3) is 0.432. The van der Waals surface area contributed by atoms with Crippen LogP contribution >= 0.6 is 0 Å². The number of anilines is 1. The van der Waals surface area contributed by atoms with Crippen LogP contribution in [0.25, 0.3) is 17.2 Å². The Labute approximate surface area is 375 Å². The van der Waals surface area contributed by atoms with E-state index in [1.54, 1.807) is 18.2 Å². The zero-order valence-electron chi connectivity index (χ0n) is 36.0. The van der Waals surface area contributed by atoms with Gasteiger partial charge in [-0.3, -0.25) is 9.59 Å². The summed E-state index contributed by atoms with van der Waals surface area (Å²) in [5.41, 5.74) is 15.4. The van der Waals surface area contributed by atoms with Gasteiger partial charge < -0.3 is 61.6 Å². The van der Waals surface area contributed by atoms with Crippen LogP contribution in [0.1, 0.15) is 50.7 Å². The Hall–Kier alpha value is -5.94. The van der Waals surface area contributed by atoms with E-state index in [9.17, 15) is 48.0 Å². The number of aliphatic hydroxyl groups excluding tert-OH is 3. The van der Waals surface area contributed by atoms with Crippen molar-refractivity contribution in [3.63, 3.8) is 0 Å². The van der Waals surface area contributed by atoms with E-state index in [-0.39, 0.29) is 73.8 Å². The van der Waals surface area contributed by atoms with Crippen molar-refractivity contribution in [2.75, 3.05) is 44.6 Å². The fourth-order valence-electron chi connectivity index (χ4n) is 7.51. The number of hydrogen-bond donors (Lipinski definition) is 8. The second kappa shape index (κ2) is 21.4. The van der Waals surface area contributed by atoms with Crippen LogP contribution in [0.15, 0.2) is 76.1 Å². The molecular weight excluding hydrogens is 867 g/mol. The van der Waals surface area contributed by atoms with Gasteiger partial charge in [0.2, 0.25) is 28.1 Å². The second-order valence-electron chi connectivity index (χ2n) is 16.0. The van der Waals surface area contributed by atoms with Crippen molar-refractivity contribution in [3.05, 3.63) is 77.4 Å². The van der Waals surface area contributed by atoms with E-state index in [0.29, 0.717) is 46.9 Å². The third-order valence-electron chi connectivity index (χ3n) is 10.9. The van der Waals surface area contributed by atoms with Crippen molar-refractivity contribution in [1.29, 1.82) is 0 Å². The number of fused-ring (bicyclic) bond motifs is 1. The molecule has 3 aromatic rings. The van der Waals surface area contributed by atoms with Gasteiger partial charge in [-0.25, -0.2) is 23.0 Å². The van der Waals surface area contributed by atoms with Crippen molar-refractivity contribution in [3.8, 4) is 16.9 Å². The third-order valence-corrected chi connectivity index (χ3v) is 12.8. The molecule has 3 heterocycles. The number of alkyl carbamates (subject to hydrolysis) is 1. The quantitative estimate of drug-likeness (QED) is 0.0904. The maximum absolute atomic E-state index is 13.7. The molecule has 2 saturated heterocycles. The molecule has 65 heavy (non-hydrogen) atoms. The average Bonchev–Trinajstić information content (AvgIpc) is 3.43. The SMILES string of the molecule is CCCN(CCC)C(=O)C1=Cc2ccc(-c3cccc(S(=O)(=O)N4CC(CNC(=O)OCc5ccc(O[C@H]6O[C@@H](C(=O)O)[C@H](O)[C@@H](O)[C@@H]6O)c(NC(=O)CCN)c5)C4)c3)cc2N=C(N)C1. The first-order chi connectivity index (χ1) is 31.0. The minimum atomic E-state index is -3.89. The summed E-state index contributed by atoms with van der Waals surface area (Å²) >= 11 is 0. The molecule has 2 fully saturated rings. The third kappa shape index (κ3) is 11.7. The van der Waals surface area contributed by atoms with Crippen LogP contribution < -0.4 is 26.8 Å². The lowest BCUT2D eigenvalue weighted by Gasteiger charge is -2.38. The van der Waals surface area contributed by atoms with Crippen LogP contribution in [0, 0.1) is 5.92 Å². The van der Waals surface area contributed by atoms with Crippen molar-refractivity contribution in [2.24, 2.45) is 22.4 Å². The summed E-state index contributed by atoms with van der Waals surface area (Å²) in [6.07, 6.45) is -6.55. The molecule has 0 radical (unpaired) electrons. The minimum Gasteiger partial charge on any atom is -0.479 e. The first-order valence-electron chi connectivity index (χ1n) is 21.2. The molecule has 350 valence electrons. The van der Waals surface area contributed by atoms with E-state index < -0.39 is 58.7 Å². The van der Waals surface area contributed by atoms with Crippen LogP contribution in [0.3, 0.4) is 0 Å². The molecule has 3 aliphatic heterocycles. The van der Waals surface area contributed by atoms with Crippen LogP contribution in [-0.2, 0) is 40.5 Å². The predicted octanol–water partition coefficient (Wildman–Crippen LogP) is 1.88. The van der Waals surface area contributed by atoms with Crippen LogP contribution in [0.5, 0.6) is 5.75 Å². The van der Waals surface area contributed by atoms with Gasteiger partial charge in [-0.15, -0.1) is 0 Å². The molecule has 6 rings (SSSR count). The number of carboxylic acid groups (broad SMARTS) is 1. The molecule has 0 spiro atoms. The Kier molecular flexibility index (Phi) is 15.9. The van der Waals surface area contributed by atoms with Gasteiger partial charge in [0, 0.05) is 69.2 Å². The molecular formula is C44H55N7O13S. The number of nitrogens with zero attached hydrogens (tertiary/aromatic N) is 3. The molecule has 20 nitrogen and oxygen atoms in total. The number of carbonyl (C=O) groups excluding carboxylic acids is 3. The number of aliphatic hydroxyl groups is 3. The van der Waals surface area contributed by atoms with Gasteiger partial charge in [-0.05, 0) is 65.9 Å². The monoisotopic (exact) mass is 921 g/mol. The highest BCUT2D eigenvalue weighted by molar-refractivity contribution is 7.89. The van der Waals surface area contributed by atoms with Gasteiger partial charge in [-0.2, -0.15) is 4.31 Å². The van der Waals surface area contributed by atoms with Gasteiger partial charge in [0.1, 0.15) is 36.5 Å². The molecule has 10 N–H and O–H groups in total. The van der Waals surface area contributed by atoms with Crippen molar-refractivity contribution in [2.45, 2.75) is 81.7 Å². The van der Waals surface area contributed by atoms with Gasteiger partial charge in [0.25, 0.3) is 0 Å². The summed E-state index contributed by atoms with van der Waals surface area (Å²) in [5, 5.41) is 45.2. The minimum absolute atomic E-state index is 0.0172. The van der Waals surface area contributed by atoms with Crippen LogP contribution in [0.4, 0.5) is 16.2 Å². The molecule has 3 aliphatic rings. The summed E-state index contributed by atoms with van der Waals surface area (Å²) in [4.78, 5) is 56.6. The molecule has 0 saturated carbocycles. The Bertz CT molecular complexity index is 2420. The van der Waals surface area contributed by atoms with Crippen molar-refractivity contribution >= 4 is 57.2 Å². The summed E-state index contributed by atoms with van der Waals surface area (Å²) in [7, 11) is -3.89. The van der Waals surface area contributed by atoms with Gasteiger partial charge in [0.05, 0.1) is 16.3 Å². The maximum Gasteiger partial charge on any atom is 0.407 e. The largest absolute Gasteiger partial charge is 0.479 e. The maximum atomic E-state index is 13.7. The number of nitrogens with two attached hydrogens (primary N) is 2. The Morgan fingerprint density at radius 3 is 2.37 bits per heavy atom. The Balaban J connectivity index is 1.03. The summed E-state index contributed by atoms with van der Waals surface area (Å²) < 4.78 is 44.9. The average molecular weight is 922 g/mol. The number of carboxylic acids is 1. The van der Waals surface area contributed by atoms with E-state index in [2.05, 4.69) is 15.6 Å². The fourth-order valence-corrected chi connectivity index (χ4v) is 9.15. The molecule has 3 aromatic carbocycles. The molecule has 5 atom stereocenters. The number of rotatable bonds is 18. The number of benzene rings is 3. The highest BCUT2D eigenvalue weighted by Crippen LogP contribution is 2.35. The van der Waals surface area contributed by atoms with Gasteiger partial charge >= 0.3 is 12.1 Å². The summed E-state index contributed by atoms with van der Waals surface area (Å²) in [5.74, 6) is -2.19. The second-order valence-corrected chi connectivity index (χ2v) is 17.9. The summed E-state index contributed by atoms with van der Waals surface area (Å²) in [6, 6.07) is 16.3. The standard InChI is InChI=1S/C44H55N7O13S/c1-3-14-50(15-4-2)41(56)30-17-29-10-9-28(19-32(29)48-35(46)20-30)27-6-5-7-31(18-27)65(60,61)51-22-26(23-51)21-47-44(59)62-24-25-8-11-34(33(16-25)49-36(52)12-13-45)63-43-39(55)37(53)38(54)40(64-43)42(57)58/h5-11,16-19,26,37-40,43,53-55H,3-4,12-15,20-24,45H2,1-2H3,(H2,46,48)(H,47,59)(H,49,52)(H,57,58)/t37-,38-,39+,40-,43+/m1/s1. The number of aliphatic imine (C=N–C) groups is 1. The van der Waals surface area contributed by atoms with Crippen molar-refractivity contribution in [1.82, 2.24) is 14.5 Å². The van der Waals surface area contributed by atoms with E-state index in [1.165, 1.54) is 28.6 Å². The predicted molar refractivity (Wildman–Crippen MR) is 237 cm³/mol. The Morgan fingerprint density at radius 2 is 1.68 bits per heavy atom. The molecule has 0 unspecified atom stereocenters. The lowest BCUT2D eigenvalue weighted by atomic mass is 9.99. The highest BCUT2D eigenvalue weighted by Gasteiger charge is 2.48. The van der Waals surface area contributed by atoms with E-state index in [0.717, 1.165) is 18.4 Å². The number of amides is 3. The number of aliphatic carboxylic acids is 1. The Morgan fingerprint density at radius 1 is 0.954 bits per heavy atom. The zero-order valence-corrected chi connectivity index (χ0v) is 36.8. The first kappa shape index (κ1) is 48.5. The van der Waals surface area contributed by atoms with Crippen LogP contribution in [-0.4, -0.2) is 138 Å². The molecule has 21 heteroatoms. The lowest BCUT2D eigenvalue weighted by Crippen LogP contribution is -2.61. The molecule has 3 amide bonds. The first-order valence-corrected chi connectivity index (χ1v) is 22.7. The van der Waals surface area contributed by atoms with E-state index in [4.69, 9.17) is 25.7 Å². The lowest BCUT2D eigenvalue weighted by molar-refractivity contribution is -0.271. The number of nitrogens with one attached hydrogen (secondary N) is 2. The van der Waals surface area contributed by atoms with Gasteiger partial charge in [0.15, 0.2) is 6.10 Å². The van der Waals surface area contributed by atoms with Crippen LogP contribution in [0.2, 0.25) is 0 Å². The van der Waals surface area contributed by atoms with Gasteiger partial charge in [-0.1, -0.05) is 44.2 Å². The number of carbonyl (C=O) groups is 4. The van der Waals surface area contributed by atoms with Crippen molar-refractivity contribution < 1.29 is 62.2 Å². The highest BCUT2D eigenvalue weighted by atomic mass is 32.2. The number of amidine groups is 1. The normalized spacial score (nSPS) is 21.1. The van der Waals surface area contributed by atoms with E-state index >= 15 is 0 Å².